The Morgan fingerprint density at radius 1 is 1.50 bits per heavy atom. The molecule has 1 aromatic rings. The lowest BCUT2D eigenvalue weighted by atomic mass is 10.3. The fraction of sp³-hybridized carbons (Fsp3) is 0.364. The molecule has 88 valence electrons. The molecule has 0 aliphatic carbocycles. The van der Waals surface area contributed by atoms with Gasteiger partial charge in [-0.25, -0.2) is 4.79 Å². The number of halogens is 1. The standard InChI is InChI=1S/C11H15IN2O2/c1-8(7-16-2)13-11(15)14-10-6-4-3-5-9(10)12/h3-6,8H,7H2,1-2H3,(H2,13,14,15)/t8-/m1/s1. The zero-order valence-corrected chi connectivity index (χ0v) is 11.4. The number of amides is 2. The van der Waals surface area contributed by atoms with Crippen molar-refractivity contribution in [3.05, 3.63) is 27.8 Å². The van der Waals surface area contributed by atoms with Crippen molar-refractivity contribution in [1.82, 2.24) is 5.32 Å². The summed E-state index contributed by atoms with van der Waals surface area (Å²) in [6.07, 6.45) is 0. The molecular formula is C11H15IN2O2. The minimum absolute atomic E-state index is 0.00799. The molecule has 0 saturated heterocycles. The Morgan fingerprint density at radius 2 is 2.19 bits per heavy atom. The monoisotopic (exact) mass is 334 g/mol. The Kier molecular flexibility index (Phi) is 5.54. The summed E-state index contributed by atoms with van der Waals surface area (Å²) in [4.78, 5) is 11.6. The summed E-state index contributed by atoms with van der Waals surface area (Å²) in [7, 11) is 1.61. The highest BCUT2D eigenvalue weighted by Crippen LogP contribution is 2.16. The molecule has 2 amide bonds. The summed E-state index contributed by atoms with van der Waals surface area (Å²) in [6, 6.07) is 7.39. The molecule has 0 unspecified atom stereocenters. The molecule has 0 radical (unpaired) electrons. The van der Waals surface area contributed by atoms with Crippen LogP contribution in [0, 0.1) is 3.57 Å². The Bertz CT molecular complexity index is 358. The van der Waals surface area contributed by atoms with Gasteiger partial charge in [0.2, 0.25) is 0 Å². The number of para-hydroxylation sites is 1. The zero-order valence-electron chi connectivity index (χ0n) is 9.29. The SMILES string of the molecule is COC[C@@H](C)NC(=O)Nc1ccccc1I. The van der Waals surface area contributed by atoms with Gasteiger partial charge < -0.3 is 15.4 Å². The van der Waals surface area contributed by atoms with E-state index in [0.717, 1.165) is 9.26 Å². The summed E-state index contributed by atoms with van der Waals surface area (Å²) in [5.74, 6) is 0. The molecule has 0 spiro atoms. The van der Waals surface area contributed by atoms with Crippen LogP contribution in [0.2, 0.25) is 0 Å². The van der Waals surface area contributed by atoms with Crippen molar-refractivity contribution in [2.45, 2.75) is 13.0 Å². The fourth-order valence-electron chi connectivity index (χ4n) is 1.24. The maximum absolute atomic E-state index is 11.6. The number of methoxy groups -OCH3 is 1. The third-order valence-electron chi connectivity index (χ3n) is 1.92. The van der Waals surface area contributed by atoms with Gasteiger partial charge in [-0.15, -0.1) is 0 Å². The number of ether oxygens (including phenoxy) is 1. The Hall–Kier alpha value is -0.820. The number of anilines is 1. The van der Waals surface area contributed by atoms with E-state index in [-0.39, 0.29) is 12.1 Å². The topological polar surface area (TPSA) is 50.4 Å². The first-order chi connectivity index (χ1) is 7.63. The highest BCUT2D eigenvalue weighted by Gasteiger charge is 2.07. The number of hydrogen-bond donors (Lipinski definition) is 2. The van der Waals surface area contributed by atoms with Gasteiger partial charge in [0.25, 0.3) is 0 Å². The number of hydrogen-bond acceptors (Lipinski definition) is 2. The van der Waals surface area contributed by atoms with E-state index in [9.17, 15) is 4.79 Å². The van der Waals surface area contributed by atoms with E-state index in [1.165, 1.54) is 0 Å². The van der Waals surface area contributed by atoms with Gasteiger partial charge in [0.05, 0.1) is 18.3 Å². The zero-order chi connectivity index (χ0) is 12.0. The molecule has 1 rings (SSSR count). The highest BCUT2D eigenvalue weighted by molar-refractivity contribution is 14.1. The second-order valence-corrected chi connectivity index (χ2v) is 4.60. The smallest absolute Gasteiger partial charge is 0.319 e. The van der Waals surface area contributed by atoms with Crippen LogP contribution in [0.15, 0.2) is 24.3 Å². The largest absolute Gasteiger partial charge is 0.383 e. The van der Waals surface area contributed by atoms with E-state index in [2.05, 4.69) is 33.2 Å². The molecule has 0 fully saturated rings. The Balaban J connectivity index is 2.49. The van der Waals surface area contributed by atoms with Gasteiger partial charge in [0, 0.05) is 10.7 Å². The Morgan fingerprint density at radius 3 is 2.81 bits per heavy atom. The number of carbonyl (C=O) groups excluding carboxylic acids is 1. The van der Waals surface area contributed by atoms with Crippen LogP contribution in [-0.2, 0) is 4.74 Å². The van der Waals surface area contributed by atoms with Crippen LogP contribution in [0.4, 0.5) is 10.5 Å². The lowest BCUT2D eigenvalue weighted by molar-refractivity contribution is 0.173. The molecule has 0 aromatic heterocycles. The van der Waals surface area contributed by atoms with E-state index >= 15 is 0 Å². The van der Waals surface area contributed by atoms with Crippen LogP contribution >= 0.6 is 22.6 Å². The Labute approximate surface area is 109 Å². The quantitative estimate of drug-likeness (QED) is 0.831. The lowest BCUT2D eigenvalue weighted by Gasteiger charge is -2.14. The first kappa shape index (κ1) is 13.2. The predicted octanol–water partition coefficient (Wildman–Crippen LogP) is 2.45. The van der Waals surface area contributed by atoms with Gasteiger partial charge in [0.15, 0.2) is 0 Å². The number of urea groups is 1. The molecular weight excluding hydrogens is 319 g/mol. The maximum atomic E-state index is 11.6. The number of benzene rings is 1. The molecule has 0 aliphatic heterocycles. The van der Waals surface area contributed by atoms with Crippen molar-refractivity contribution in [3.63, 3.8) is 0 Å². The van der Waals surface area contributed by atoms with Crippen LogP contribution in [0.25, 0.3) is 0 Å². The van der Waals surface area contributed by atoms with Crippen molar-refractivity contribution in [1.29, 1.82) is 0 Å². The molecule has 0 bridgehead atoms. The van der Waals surface area contributed by atoms with Crippen molar-refractivity contribution in [2.24, 2.45) is 0 Å². The number of nitrogens with one attached hydrogen (secondary N) is 2. The minimum Gasteiger partial charge on any atom is -0.383 e. The summed E-state index contributed by atoms with van der Waals surface area (Å²) in [5.41, 5.74) is 0.810. The first-order valence-corrected chi connectivity index (χ1v) is 6.02. The van der Waals surface area contributed by atoms with E-state index in [4.69, 9.17) is 4.74 Å². The van der Waals surface area contributed by atoms with Crippen molar-refractivity contribution < 1.29 is 9.53 Å². The van der Waals surface area contributed by atoms with E-state index in [1.807, 2.05) is 31.2 Å². The van der Waals surface area contributed by atoms with E-state index < -0.39 is 0 Å². The lowest BCUT2D eigenvalue weighted by Crippen LogP contribution is -2.38. The van der Waals surface area contributed by atoms with Crippen LogP contribution in [0.5, 0.6) is 0 Å². The third kappa shape index (κ3) is 4.36. The van der Waals surface area contributed by atoms with Crippen LogP contribution < -0.4 is 10.6 Å². The van der Waals surface area contributed by atoms with Gasteiger partial charge in [0.1, 0.15) is 0 Å². The van der Waals surface area contributed by atoms with Crippen molar-refractivity contribution >= 4 is 34.3 Å². The van der Waals surface area contributed by atoms with Crippen LogP contribution in [0.1, 0.15) is 6.92 Å². The predicted molar refractivity (Wildman–Crippen MR) is 72.7 cm³/mol. The molecule has 16 heavy (non-hydrogen) atoms. The van der Waals surface area contributed by atoms with Gasteiger partial charge in [-0.2, -0.15) is 0 Å². The van der Waals surface area contributed by atoms with Gasteiger partial charge in [-0.05, 0) is 41.6 Å². The molecule has 0 aliphatic rings. The van der Waals surface area contributed by atoms with Gasteiger partial charge >= 0.3 is 6.03 Å². The number of rotatable bonds is 4. The number of carbonyl (C=O) groups is 1. The summed E-state index contributed by atoms with van der Waals surface area (Å²) >= 11 is 2.18. The average Bonchev–Trinajstić information content (AvgIpc) is 2.21. The molecule has 0 saturated carbocycles. The van der Waals surface area contributed by atoms with Gasteiger partial charge in [-0.3, -0.25) is 0 Å². The van der Waals surface area contributed by atoms with Crippen LogP contribution in [-0.4, -0.2) is 25.8 Å². The van der Waals surface area contributed by atoms with E-state index in [1.54, 1.807) is 7.11 Å². The molecule has 2 N–H and O–H groups in total. The molecule has 1 atom stereocenters. The van der Waals surface area contributed by atoms with Crippen molar-refractivity contribution in [3.8, 4) is 0 Å². The van der Waals surface area contributed by atoms with Crippen LogP contribution in [0.3, 0.4) is 0 Å². The summed E-state index contributed by atoms with van der Waals surface area (Å²) < 4.78 is 5.94. The normalized spacial score (nSPS) is 11.9. The molecule has 4 nitrogen and oxygen atoms in total. The third-order valence-corrected chi connectivity index (χ3v) is 2.86. The fourth-order valence-corrected chi connectivity index (χ4v) is 1.76. The minimum atomic E-state index is -0.214. The van der Waals surface area contributed by atoms with Crippen molar-refractivity contribution in [2.75, 3.05) is 19.0 Å². The maximum Gasteiger partial charge on any atom is 0.319 e. The van der Waals surface area contributed by atoms with E-state index in [0.29, 0.717) is 6.61 Å². The molecule has 0 heterocycles. The average molecular weight is 334 g/mol. The van der Waals surface area contributed by atoms with Gasteiger partial charge in [-0.1, -0.05) is 12.1 Å². The summed E-state index contributed by atoms with van der Waals surface area (Å²) in [6.45, 7) is 2.39. The second-order valence-electron chi connectivity index (χ2n) is 3.43. The molecule has 1 aromatic carbocycles. The highest BCUT2D eigenvalue weighted by atomic mass is 127. The molecule has 5 heteroatoms. The summed E-state index contributed by atoms with van der Waals surface area (Å²) in [5, 5.41) is 5.56. The first-order valence-electron chi connectivity index (χ1n) is 4.94. The second kappa shape index (κ2) is 6.70.